The second-order valence-electron chi connectivity index (χ2n) is 8.88. The van der Waals surface area contributed by atoms with Crippen molar-refractivity contribution in [1.29, 1.82) is 0 Å². The van der Waals surface area contributed by atoms with Gasteiger partial charge in [-0.3, -0.25) is 9.59 Å². The second kappa shape index (κ2) is 12.8. The third-order valence-electron chi connectivity index (χ3n) is 6.08. The Labute approximate surface area is 236 Å². The molecule has 0 aliphatic rings. The average molecular weight is 558 g/mol. The number of carboxylic acid groups (broad SMARTS) is 1. The van der Waals surface area contributed by atoms with E-state index in [4.69, 9.17) is 36.9 Å². The lowest BCUT2D eigenvalue weighted by atomic mass is 10.0. The van der Waals surface area contributed by atoms with Crippen LogP contribution in [-0.2, 0) is 4.79 Å². The van der Waals surface area contributed by atoms with Gasteiger partial charge >= 0.3 is 5.97 Å². The zero-order chi connectivity index (χ0) is 28.6. The van der Waals surface area contributed by atoms with Crippen molar-refractivity contribution < 1.29 is 24.2 Å². The van der Waals surface area contributed by atoms with E-state index in [2.05, 4.69) is 5.32 Å². The van der Waals surface area contributed by atoms with Gasteiger partial charge in [-0.05, 0) is 77.9 Å². The molecule has 4 N–H and O–H groups in total. The van der Waals surface area contributed by atoms with Gasteiger partial charge in [-0.2, -0.15) is 0 Å². The maximum absolute atomic E-state index is 12.3. The number of halogens is 1. The fraction of sp³-hybridized carbons (Fsp3) is 0.129. The number of carbonyl (C=O) groups excluding carboxylic acids is 1. The number of rotatable bonds is 10. The van der Waals surface area contributed by atoms with Gasteiger partial charge in [-0.15, -0.1) is 0 Å². The fourth-order valence-corrected chi connectivity index (χ4v) is 4.10. The maximum atomic E-state index is 12.3. The quantitative estimate of drug-likeness (QED) is 0.162. The van der Waals surface area contributed by atoms with Crippen molar-refractivity contribution in [2.75, 3.05) is 13.7 Å². The molecule has 1 amide bonds. The van der Waals surface area contributed by atoms with E-state index >= 15 is 0 Å². The highest BCUT2D eigenvalue weighted by Gasteiger charge is 2.16. The van der Waals surface area contributed by atoms with E-state index in [9.17, 15) is 9.59 Å². The van der Waals surface area contributed by atoms with Gasteiger partial charge in [0.25, 0.3) is 5.91 Å². The van der Waals surface area contributed by atoms with Crippen LogP contribution in [-0.4, -0.2) is 36.3 Å². The number of nitrogens with zero attached hydrogens (tertiary/aromatic N) is 1. The Balaban J connectivity index is 1.68. The van der Waals surface area contributed by atoms with Gasteiger partial charge in [-0.1, -0.05) is 35.9 Å². The molecule has 0 aliphatic heterocycles. The van der Waals surface area contributed by atoms with Crippen LogP contribution in [0.2, 0.25) is 5.02 Å². The molecule has 0 atom stereocenters. The molecule has 0 aromatic heterocycles. The summed E-state index contributed by atoms with van der Waals surface area (Å²) in [5.41, 5.74) is 9.26. The van der Waals surface area contributed by atoms with Crippen molar-refractivity contribution in [3.63, 3.8) is 0 Å². The molecule has 0 saturated carbocycles. The van der Waals surface area contributed by atoms with E-state index in [0.717, 1.165) is 27.6 Å². The van der Waals surface area contributed by atoms with Crippen LogP contribution < -0.4 is 20.5 Å². The Kier molecular flexibility index (Phi) is 9.04. The molecule has 40 heavy (non-hydrogen) atoms. The summed E-state index contributed by atoms with van der Waals surface area (Å²) in [4.78, 5) is 27.9. The normalized spacial score (nSPS) is 11.8. The minimum absolute atomic E-state index is 0.0355. The monoisotopic (exact) mass is 557 g/mol. The summed E-state index contributed by atoms with van der Waals surface area (Å²) in [6, 6.07) is 23.6. The number of fused-ring (bicyclic) bond motifs is 1. The predicted octanol–water partition coefficient (Wildman–Crippen LogP) is 6.01. The maximum Gasteiger partial charge on any atom is 0.305 e. The van der Waals surface area contributed by atoms with Crippen LogP contribution in [0.1, 0.15) is 27.9 Å². The summed E-state index contributed by atoms with van der Waals surface area (Å²) in [7, 11) is 1.63. The smallest absolute Gasteiger partial charge is 0.305 e. The molecule has 4 aromatic carbocycles. The largest absolute Gasteiger partial charge is 0.497 e. The van der Waals surface area contributed by atoms with Gasteiger partial charge in [0.05, 0.1) is 19.2 Å². The summed E-state index contributed by atoms with van der Waals surface area (Å²) in [5.74, 6) is 0.120. The molecule has 8 nitrogen and oxygen atoms in total. The zero-order valence-corrected chi connectivity index (χ0v) is 22.7. The number of benzene rings is 4. The van der Waals surface area contributed by atoms with Crippen LogP contribution in [0.3, 0.4) is 0 Å². The Morgan fingerprint density at radius 1 is 0.950 bits per heavy atom. The van der Waals surface area contributed by atoms with E-state index in [1.54, 1.807) is 43.5 Å². The van der Waals surface area contributed by atoms with Crippen molar-refractivity contribution in [2.24, 2.45) is 10.7 Å². The van der Waals surface area contributed by atoms with Crippen LogP contribution in [0, 0.1) is 6.92 Å². The van der Waals surface area contributed by atoms with Crippen molar-refractivity contribution in [1.82, 2.24) is 5.32 Å². The number of amides is 1. The summed E-state index contributed by atoms with van der Waals surface area (Å²) in [6.45, 7) is 1.97. The number of aliphatic carboxylic acids is 1. The molecule has 0 bridgehead atoms. The van der Waals surface area contributed by atoms with Crippen LogP contribution in [0.5, 0.6) is 11.5 Å². The number of hydrogen-bond acceptors (Lipinski definition) is 6. The lowest BCUT2D eigenvalue weighted by molar-refractivity contribution is -0.136. The standard InChI is InChI=1S/C31H28ClN3O5/c1-19-3-9-24(32)17-27(19)35-30(23-5-4-22-16-26(39-2)12-8-21(22)15-23)28(18-33)40-25-10-6-20(7-11-25)31(38)34-14-13-29(36)37/h3-12,15-18H,13-14,33H2,1-2H3,(H,34,38)(H,36,37). The SMILES string of the molecule is COc1ccc2cc(C(=Nc3cc(Cl)ccc3C)C(=CN)Oc3ccc(C(=O)NCCC(=O)O)cc3)ccc2c1. The predicted molar refractivity (Wildman–Crippen MR) is 157 cm³/mol. The van der Waals surface area contributed by atoms with Crippen molar-refractivity contribution in [3.8, 4) is 11.5 Å². The molecule has 0 saturated heterocycles. The van der Waals surface area contributed by atoms with Crippen LogP contribution in [0.25, 0.3) is 10.8 Å². The topological polar surface area (TPSA) is 123 Å². The molecular weight excluding hydrogens is 530 g/mol. The Morgan fingerprint density at radius 2 is 1.62 bits per heavy atom. The molecule has 204 valence electrons. The molecule has 0 aliphatic carbocycles. The first-order valence-electron chi connectivity index (χ1n) is 12.4. The van der Waals surface area contributed by atoms with Crippen molar-refractivity contribution in [3.05, 3.63) is 113 Å². The summed E-state index contributed by atoms with van der Waals surface area (Å²) < 4.78 is 11.5. The van der Waals surface area contributed by atoms with Crippen molar-refractivity contribution in [2.45, 2.75) is 13.3 Å². The first kappa shape index (κ1) is 28.2. The Bertz CT molecular complexity index is 1610. The number of hydrogen-bond donors (Lipinski definition) is 3. The Morgan fingerprint density at radius 3 is 2.33 bits per heavy atom. The number of aryl methyl sites for hydroxylation is 1. The number of carbonyl (C=O) groups is 2. The third kappa shape index (κ3) is 6.98. The molecule has 0 fully saturated rings. The van der Waals surface area contributed by atoms with Gasteiger partial charge < -0.3 is 25.6 Å². The van der Waals surface area contributed by atoms with Crippen LogP contribution in [0.4, 0.5) is 5.69 Å². The molecule has 0 radical (unpaired) electrons. The minimum Gasteiger partial charge on any atom is -0.497 e. The molecule has 4 rings (SSSR count). The summed E-state index contributed by atoms with van der Waals surface area (Å²) in [6.07, 6.45) is 1.18. The highest BCUT2D eigenvalue weighted by atomic mass is 35.5. The van der Waals surface area contributed by atoms with E-state index in [0.29, 0.717) is 33.5 Å². The highest BCUT2D eigenvalue weighted by molar-refractivity contribution is 6.31. The zero-order valence-electron chi connectivity index (χ0n) is 22.0. The first-order chi connectivity index (χ1) is 19.3. The number of nitrogens with two attached hydrogens (primary N) is 1. The van der Waals surface area contributed by atoms with E-state index in [1.807, 2.05) is 49.4 Å². The van der Waals surface area contributed by atoms with E-state index in [1.165, 1.54) is 6.20 Å². The number of methoxy groups -OCH3 is 1. The number of carboxylic acids is 1. The first-order valence-corrected chi connectivity index (χ1v) is 12.8. The Hall–Kier alpha value is -4.82. The van der Waals surface area contributed by atoms with Gasteiger partial charge in [0.15, 0.2) is 5.76 Å². The van der Waals surface area contributed by atoms with E-state index in [-0.39, 0.29) is 18.9 Å². The van der Waals surface area contributed by atoms with Crippen molar-refractivity contribution >= 4 is 45.6 Å². The number of aliphatic imine (C=N–C) groups is 1. The number of ether oxygens (including phenoxy) is 2. The highest BCUT2D eigenvalue weighted by Crippen LogP contribution is 2.28. The van der Waals surface area contributed by atoms with E-state index < -0.39 is 5.97 Å². The minimum atomic E-state index is -0.985. The molecule has 0 heterocycles. The second-order valence-corrected chi connectivity index (χ2v) is 9.31. The fourth-order valence-electron chi connectivity index (χ4n) is 3.93. The molecule has 0 spiro atoms. The average Bonchev–Trinajstić information content (AvgIpc) is 2.96. The molecule has 4 aromatic rings. The molecular formula is C31H28ClN3O5. The van der Waals surface area contributed by atoms with Gasteiger partial charge in [0.2, 0.25) is 0 Å². The van der Waals surface area contributed by atoms with Gasteiger partial charge in [0.1, 0.15) is 17.2 Å². The van der Waals surface area contributed by atoms with Crippen LogP contribution in [0.15, 0.2) is 95.8 Å². The van der Waals surface area contributed by atoms with Crippen LogP contribution >= 0.6 is 11.6 Å². The summed E-state index contributed by atoms with van der Waals surface area (Å²) in [5, 5.41) is 13.8. The van der Waals surface area contributed by atoms with Gasteiger partial charge in [-0.25, -0.2) is 4.99 Å². The van der Waals surface area contributed by atoms with Gasteiger partial charge in [0, 0.05) is 28.9 Å². The number of nitrogens with one attached hydrogen (secondary N) is 1. The summed E-state index contributed by atoms with van der Waals surface area (Å²) >= 11 is 6.27. The molecule has 9 heteroatoms. The third-order valence-corrected chi connectivity index (χ3v) is 6.31. The lowest BCUT2D eigenvalue weighted by Crippen LogP contribution is -2.25. The number of allylic oxidation sites excluding steroid dienone is 1. The lowest BCUT2D eigenvalue weighted by Gasteiger charge is -2.15. The molecule has 0 unspecified atom stereocenters.